The lowest BCUT2D eigenvalue weighted by Gasteiger charge is -2.27. The van der Waals surface area contributed by atoms with Crippen molar-refractivity contribution in [1.82, 2.24) is 0 Å². The summed E-state index contributed by atoms with van der Waals surface area (Å²) in [7, 11) is 0. The van der Waals surface area contributed by atoms with Crippen molar-refractivity contribution in [2.75, 3.05) is 6.61 Å². The van der Waals surface area contributed by atoms with Gasteiger partial charge in [0.2, 0.25) is 5.88 Å². The van der Waals surface area contributed by atoms with Crippen LogP contribution in [-0.2, 0) is 0 Å². The van der Waals surface area contributed by atoms with Crippen molar-refractivity contribution in [2.45, 2.75) is 25.7 Å². The Bertz CT molecular complexity index is 1550. The van der Waals surface area contributed by atoms with Crippen molar-refractivity contribution >= 4 is 16.7 Å². The fourth-order valence-electron chi connectivity index (χ4n) is 4.57. The summed E-state index contributed by atoms with van der Waals surface area (Å²) in [4.78, 5) is 13.0. The summed E-state index contributed by atoms with van der Waals surface area (Å²) in [5, 5.41) is 12.0. The molecule has 184 valence electrons. The van der Waals surface area contributed by atoms with Gasteiger partial charge in [-0.2, -0.15) is 5.26 Å². The SMILES string of the molecule is CCCCOc1ccccc1C(=O)Oc1ccc2c(c1)OC(N)=C(C#N)C2c1cccc2ccccc12. The zero-order valence-corrected chi connectivity index (χ0v) is 20.4. The van der Waals surface area contributed by atoms with Crippen molar-refractivity contribution in [2.24, 2.45) is 5.73 Å². The molecule has 1 aliphatic rings. The van der Waals surface area contributed by atoms with Gasteiger partial charge in [0, 0.05) is 11.6 Å². The van der Waals surface area contributed by atoms with Crippen LogP contribution in [0.3, 0.4) is 0 Å². The van der Waals surface area contributed by atoms with Gasteiger partial charge in [0.05, 0.1) is 12.5 Å². The molecule has 4 aromatic rings. The second-order valence-electron chi connectivity index (χ2n) is 8.78. The summed E-state index contributed by atoms with van der Waals surface area (Å²) in [5.41, 5.74) is 8.61. The molecule has 1 aliphatic heterocycles. The van der Waals surface area contributed by atoms with Crippen LogP contribution >= 0.6 is 0 Å². The van der Waals surface area contributed by atoms with E-state index in [4.69, 9.17) is 19.9 Å². The Morgan fingerprint density at radius 2 is 1.78 bits per heavy atom. The molecule has 6 heteroatoms. The number of nitrogens with zero attached hydrogens (tertiary/aromatic N) is 1. The molecule has 2 N–H and O–H groups in total. The monoisotopic (exact) mass is 490 g/mol. The molecule has 0 aromatic heterocycles. The van der Waals surface area contributed by atoms with Gasteiger partial charge in [0.15, 0.2) is 0 Å². The molecule has 1 heterocycles. The van der Waals surface area contributed by atoms with Gasteiger partial charge in [0.25, 0.3) is 0 Å². The van der Waals surface area contributed by atoms with E-state index < -0.39 is 11.9 Å². The fourth-order valence-corrected chi connectivity index (χ4v) is 4.57. The molecule has 5 rings (SSSR count). The lowest BCUT2D eigenvalue weighted by Crippen LogP contribution is -2.21. The predicted octanol–water partition coefficient (Wildman–Crippen LogP) is 6.46. The van der Waals surface area contributed by atoms with Gasteiger partial charge < -0.3 is 19.9 Å². The minimum absolute atomic E-state index is 0.0334. The molecule has 0 saturated carbocycles. The third kappa shape index (κ3) is 4.72. The van der Waals surface area contributed by atoms with Crippen LogP contribution in [0.5, 0.6) is 17.2 Å². The second kappa shape index (κ2) is 10.5. The average molecular weight is 491 g/mol. The molecule has 0 saturated heterocycles. The molecule has 0 radical (unpaired) electrons. The summed E-state index contributed by atoms with van der Waals surface area (Å²) < 4.78 is 17.3. The van der Waals surface area contributed by atoms with Crippen molar-refractivity contribution in [3.63, 3.8) is 0 Å². The molecule has 37 heavy (non-hydrogen) atoms. The van der Waals surface area contributed by atoms with Gasteiger partial charge in [-0.3, -0.25) is 0 Å². The number of para-hydroxylation sites is 1. The van der Waals surface area contributed by atoms with Crippen molar-refractivity contribution in [1.29, 1.82) is 5.26 Å². The van der Waals surface area contributed by atoms with E-state index in [1.807, 2.05) is 54.6 Å². The number of ether oxygens (including phenoxy) is 3. The van der Waals surface area contributed by atoms with Gasteiger partial charge in [0.1, 0.15) is 34.5 Å². The normalized spacial score (nSPS) is 14.4. The van der Waals surface area contributed by atoms with Crippen molar-refractivity contribution in [3.8, 4) is 23.3 Å². The number of hydrogen-bond acceptors (Lipinski definition) is 6. The van der Waals surface area contributed by atoms with Crippen LogP contribution in [0.1, 0.15) is 47.2 Å². The Morgan fingerprint density at radius 1 is 1.00 bits per heavy atom. The zero-order valence-electron chi connectivity index (χ0n) is 20.4. The minimum atomic E-state index is -0.533. The molecule has 0 amide bonds. The standard InChI is InChI=1S/C31H26N2O4/c1-2-3-17-35-27-14-7-6-12-25(27)31(34)36-21-15-16-24-28(18-21)37-30(33)26(19-32)29(24)23-13-8-10-20-9-4-5-11-22(20)23/h4-16,18,29H,2-3,17,33H2,1H3. The van der Waals surface area contributed by atoms with E-state index in [0.29, 0.717) is 35.0 Å². The molecule has 1 unspecified atom stereocenters. The molecular weight excluding hydrogens is 464 g/mol. The highest BCUT2D eigenvalue weighted by Gasteiger charge is 2.32. The predicted molar refractivity (Wildman–Crippen MR) is 141 cm³/mol. The van der Waals surface area contributed by atoms with E-state index in [0.717, 1.165) is 34.7 Å². The van der Waals surface area contributed by atoms with Gasteiger partial charge in [-0.1, -0.05) is 74.0 Å². The molecule has 1 atom stereocenters. The Hall–Kier alpha value is -4.76. The molecular formula is C31H26N2O4. The number of benzene rings is 4. The first kappa shape index (κ1) is 24.0. The Labute approximate surface area is 215 Å². The number of nitrogens with two attached hydrogens (primary N) is 1. The quantitative estimate of drug-likeness (QED) is 0.182. The van der Waals surface area contributed by atoms with Gasteiger partial charge in [-0.05, 0) is 41.0 Å². The van der Waals surface area contributed by atoms with Gasteiger partial charge in [-0.15, -0.1) is 0 Å². The minimum Gasteiger partial charge on any atom is -0.493 e. The largest absolute Gasteiger partial charge is 0.493 e. The Kier molecular flexibility index (Phi) is 6.78. The van der Waals surface area contributed by atoms with Crippen LogP contribution in [0.4, 0.5) is 0 Å². The maximum atomic E-state index is 13.0. The molecule has 6 nitrogen and oxygen atoms in total. The smallest absolute Gasteiger partial charge is 0.347 e. The van der Waals surface area contributed by atoms with E-state index in [1.54, 1.807) is 30.3 Å². The van der Waals surface area contributed by atoms with Crippen LogP contribution in [0, 0.1) is 11.3 Å². The fraction of sp³-hybridized carbons (Fsp3) is 0.161. The van der Waals surface area contributed by atoms with Crippen molar-refractivity contribution < 1.29 is 19.0 Å². The number of unbranched alkanes of at least 4 members (excludes halogenated alkanes) is 1. The highest BCUT2D eigenvalue weighted by Crippen LogP contribution is 2.45. The number of fused-ring (bicyclic) bond motifs is 2. The second-order valence-corrected chi connectivity index (χ2v) is 8.78. The maximum absolute atomic E-state index is 13.0. The van der Waals surface area contributed by atoms with Crippen LogP contribution < -0.4 is 19.9 Å². The summed E-state index contributed by atoms with van der Waals surface area (Å²) in [5.74, 6) is 0.305. The summed E-state index contributed by atoms with van der Waals surface area (Å²) in [6, 6.07) is 28.4. The molecule has 0 spiro atoms. The van der Waals surface area contributed by atoms with E-state index in [2.05, 4.69) is 13.0 Å². The zero-order chi connectivity index (χ0) is 25.8. The van der Waals surface area contributed by atoms with Gasteiger partial charge >= 0.3 is 5.97 Å². The Morgan fingerprint density at radius 3 is 2.62 bits per heavy atom. The molecule has 0 bridgehead atoms. The highest BCUT2D eigenvalue weighted by molar-refractivity contribution is 5.94. The van der Waals surface area contributed by atoms with Crippen LogP contribution in [0.2, 0.25) is 0 Å². The third-order valence-corrected chi connectivity index (χ3v) is 6.40. The Balaban J connectivity index is 1.49. The lowest BCUT2D eigenvalue weighted by molar-refractivity contribution is 0.0730. The number of rotatable bonds is 7. The number of hydrogen-bond donors (Lipinski definition) is 1. The number of carbonyl (C=O) groups is 1. The lowest BCUT2D eigenvalue weighted by atomic mass is 9.81. The van der Waals surface area contributed by atoms with E-state index in [-0.39, 0.29) is 5.88 Å². The first-order valence-electron chi connectivity index (χ1n) is 12.2. The van der Waals surface area contributed by atoms with E-state index in [1.165, 1.54) is 0 Å². The average Bonchev–Trinajstić information content (AvgIpc) is 2.92. The van der Waals surface area contributed by atoms with Crippen LogP contribution in [-0.4, -0.2) is 12.6 Å². The van der Waals surface area contributed by atoms with Crippen LogP contribution in [0.25, 0.3) is 10.8 Å². The summed E-state index contributed by atoms with van der Waals surface area (Å²) >= 11 is 0. The maximum Gasteiger partial charge on any atom is 0.347 e. The van der Waals surface area contributed by atoms with E-state index >= 15 is 0 Å². The number of allylic oxidation sites excluding steroid dienone is 1. The van der Waals surface area contributed by atoms with Crippen LogP contribution in [0.15, 0.2) is 96.4 Å². The first-order valence-corrected chi connectivity index (χ1v) is 12.2. The first-order chi connectivity index (χ1) is 18.1. The van der Waals surface area contributed by atoms with Crippen molar-refractivity contribution in [3.05, 3.63) is 113 Å². The topological polar surface area (TPSA) is 94.6 Å². The molecule has 0 aliphatic carbocycles. The number of esters is 1. The summed E-state index contributed by atoms with van der Waals surface area (Å²) in [6.45, 7) is 2.60. The molecule has 4 aromatic carbocycles. The number of carbonyl (C=O) groups excluding carboxylic acids is 1. The number of nitriles is 1. The summed E-state index contributed by atoms with van der Waals surface area (Å²) in [6.07, 6.45) is 1.88. The van der Waals surface area contributed by atoms with Gasteiger partial charge in [-0.25, -0.2) is 4.79 Å². The van der Waals surface area contributed by atoms with E-state index in [9.17, 15) is 10.1 Å². The third-order valence-electron chi connectivity index (χ3n) is 6.40. The highest BCUT2D eigenvalue weighted by atomic mass is 16.5. The molecule has 0 fully saturated rings.